The Balaban J connectivity index is 1.62. The van der Waals surface area contributed by atoms with Crippen molar-refractivity contribution in [2.45, 2.75) is 50.7 Å². The Labute approximate surface area is 148 Å². The average Bonchev–Trinajstić information content (AvgIpc) is 3.17. The Morgan fingerprint density at radius 3 is 2.92 bits per heavy atom. The van der Waals surface area contributed by atoms with Crippen molar-refractivity contribution in [3.8, 4) is 6.07 Å². The Morgan fingerprint density at radius 1 is 1.42 bits per heavy atom. The van der Waals surface area contributed by atoms with Gasteiger partial charge in [-0.1, -0.05) is 25.6 Å². The normalized spacial score (nSPS) is 13.6. The first kappa shape index (κ1) is 17.0. The highest BCUT2D eigenvalue weighted by Gasteiger charge is 2.22. The maximum atomic E-state index is 12.2. The minimum Gasteiger partial charge on any atom is -0.416 e. The Morgan fingerprint density at radius 2 is 2.21 bits per heavy atom. The van der Waals surface area contributed by atoms with E-state index >= 15 is 0 Å². The number of amides is 1. The molecule has 1 aliphatic rings. The highest BCUT2D eigenvalue weighted by molar-refractivity contribution is 7.99. The van der Waals surface area contributed by atoms with Crippen LogP contribution in [-0.4, -0.2) is 21.9 Å². The van der Waals surface area contributed by atoms with Crippen molar-refractivity contribution in [3.63, 3.8) is 0 Å². The molecule has 0 fully saturated rings. The number of nitrogens with zero attached hydrogens (tertiary/aromatic N) is 3. The zero-order valence-corrected chi connectivity index (χ0v) is 15.2. The second kappa shape index (κ2) is 7.36. The summed E-state index contributed by atoms with van der Waals surface area (Å²) in [5.74, 6) is 0.735. The van der Waals surface area contributed by atoms with Gasteiger partial charge < -0.3 is 9.73 Å². The number of anilines is 1. The van der Waals surface area contributed by atoms with Crippen molar-refractivity contribution >= 4 is 34.0 Å². The monoisotopic (exact) mass is 362 g/mol. The molecule has 0 saturated heterocycles. The third-order valence-corrected chi connectivity index (χ3v) is 5.80. The van der Waals surface area contributed by atoms with Gasteiger partial charge in [0.05, 0.1) is 11.3 Å². The highest BCUT2D eigenvalue weighted by Crippen LogP contribution is 2.37. The molecule has 0 bridgehead atoms. The molecular formula is C16H18N4O2S2. The SMILES string of the molecule is CC(C)c1nnc(SCC(=O)Nc2sc3c(c2C#N)CCCC3)o1. The van der Waals surface area contributed by atoms with Crippen LogP contribution >= 0.6 is 23.1 Å². The summed E-state index contributed by atoms with van der Waals surface area (Å²) in [5, 5.41) is 21.2. The maximum Gasteiger partial charge on any atom is 0.277 e. The molecule has 0 unspecified atom stereocenters. The van der Waals surface area contributed by atoms with Crippen LogP contribution < -0.4 is 5.32 Å². The number of nitrogens with one attached hydrogen (secondary N) is 1. The second-order valence-electron chi connectivity index (χ2n) is 5.92. The van der Waals surface area contributed by atoms with Crippen LogP contribution in [0.15, 0.2) is 9.64 Å². The first-order valence-corrected chi connectivity index (χ1v) is 9.69. The lowest BCUT2D eigenvalue weighted by atomic mass is 9.96. The average molecular weight is 362 g/mol. The van der Waals surface area contributed by atoms with Crippen molar-refractivity contribution in [2.24, 2.45) is 0 Å². The van der Waals surface area contributed by atoms with Crippen molar-refractivity contribution in [3.05, 3.63) is 21.9 Å². The molecule has 2 aromatic heterocycles. The van der Waals surface area contributed by atoms with Crippen LogP contribution in [-0.2, 0) is 17.6 Å². The molecule has 8 heteroatoms. The van der Waals surface area contributed by atoms with E-state index in [4.69, 9.17) is 4.42 Å². The van der Waals surface area contributed by atoms with Gasteiger partial charge in [-0.15, -0.1) is 21.5 Å². The molecule has 0 aromatic carbocycles. The number of aryl methyl sites for hydroxylation is 1. The van der Waals surface area contributed by atoms with E-state index in [1.165, 1.54) is 28.0 Å². The molecule has 1 aliphatic carbocycles. The van der Waals surface area contributed by atoms with Crippen LogP contribution in [0.3, 0.4) is 0 Å². The second-order valence-corrected chi connectivity index (χ2v) is 7.96. The fraction of sp³-hybridized carbons (Fsp3) is 0.500. The molecule has 2 heterocycles. The summed E-state index contributed by atoms with van der Waals surface area (Å²) in [4.78, 5) is 13.4. The van der Waals surface area contributed by atoms with E-state index in [1.54, 1.807) is 0 Å². The van der Waals surface area contributed by atoms with Gasteiger partial charge >= 0.3 is 0 Å². The van der Waals surface area contributed by atoms with E-state index in [1.807, 2.05) is 13.8 Å². The summed E-state index contributed by atoms with van der Waals surface area (Å²) in [6, 6.07) is 2.25. The lowest BCUT2D eigenvalue weighted by molar-refractivity contribution is -0.113. The van der Waals surface area contributed by atoms with E-state index in [0.29, 0.717) is 21.7 Å². The molecule has 0 aliphatic heterocycles. The molecule has 1 N–H and O–H groups in total. The predicted molar refractivity (Wildman–Crippen MR) is 93.4 cm³/mol. The van der Waals surface area contributed by atoms with Gasteiger partial charge in [-0.2, -0.15) is 5.26 Å². The third kappa shape index (κ3) is 3.62. The van der Waals surface area contributed by atoms with Crippen LogP contribution in [0.25, 0.3) is 0 Å². The quantitative estimate of drug-likeness (QED) is 0.815. The molecule has 0 atom stereocenters. The van der Waals surface area contributed by atoms with Gasteiger partial charge in [0.2, 0.25) is 11.8 Å². The Kier molecular flexibility index (Phi) is 5.21. The number of carbonyl (C=O) groups is 1. The zero-order valence-electron chi connectivity index (χ0n) is 13.6. The lowest BCUT2D eigenvalue weighted by Gasteiger charge is -2.09. The van der Waals surface area contributed by atoms with Gasteiger partial charge in [-0.05, 0) is 31.2 Å². The molecule has 0 saturated carbocycles. The fourth-order valence-electron chi connectivity index (χ4n) is 2.57. The van der Waals surface area contributed by atoms with E-state index in [9.17, 15) is 10.1 Å². The van der Waals surface area contributed by atoms with Crippen molar-refractivity contribution in [2.75, 3.05) is 11.1 Å². The van der Waals surface area contributed by atoms with Crippen molar-refractivity contribution < 1.29 is 9.21 Å². The van der Waals surface area contributed by atoms with Gasteiger partial charge in [-0.3, -0.25) is 4.79 Å². The van der Waals surface area contributed by atoms with Crippen LogP contribution in [0.1, 0.15) is 54.5 Å². The molecule has 2 aromatic rings. The number of fused-ring (bicyclic) bond motifs is 1. The number of thiophene rings is 1. The topological polar surface area (TPSA) is 91.8 Å². The number of rotatable bonds is 5. The van der Waals surface area contributed by atoms with Crippen molar-refractivity contribution in [1.82, 2.24) is 10.2 Å². The highest BCUT2D eigenvalue weighted by atomic mass is 32.2. The number of nitriles is 1. The molecule has 0 spiro atoms. The number of carbonyl (C=O) groups excluding carboxylic acids is 1. The van der Waals surface area contributed by atoms with E-state index in [0.717, 1.165) is 31.2 Å². The zero-order chi connectivity index (χ0) is 17.1. The standard InChI is InChI=1S/C16H18N4O2S2/c1-9(2)14-19-20-16(22-14)23-8-13(21)18-15-11(7-17)10-5-3-4-6-12(10)24-15/h9H,3-6,8H2,1-2H3,(H,18,21). The van der Waals surface area contributed by atoms with Gasteiger partial charge in [0, 0.05) is 10.8 Å². The van der Waals surface area contributed by atoms with Gasteiger partial charge in [0.15, 0.2) is 0 Å². The summed E-state index contributed by atoms with van der Waals surface area (Å²) >= 11 is 2.73. The van der Waals surface area contributed by atoms with Crippen molar-refractivity contribution in [1.29, 1.82) is 5.26 Å². The maximum absolute atomic E-state index is 12.2. The van der Waals surface area contributed by atoms with E-state index < -0.39 is 0 Å². The fourth-order valence-corrected chi connectivity index (χ4v) is 4.40. The smallest absolute Gasteiger partial charge is 0.277 e. The number of aromatic nitrogens is 2. The summed E-state index contributed by atoms with van der Waals surface area (Å²) < 4.78 is 5.47. The van der Waals surface area contributed by atoms with E-state index in [-0.39, 0.29) is 17.6 Å². The number of hydrogen-bond donors (Lipinski definition) is 1. The summed E-state index contributed by atoms with van der Waals surface area (Å²) in [7, 11) is 0. The summed E-state index contributed by atoms with van der Waals surface area (Å²) in [5.41, 5.74) is 1.75. The number of hydrogen-bond acceptors (Lipinski definition) is 7. The first-order chi connectivity index (χ1) is 11.6. The van der Waals surface area contributed by atoms with Gasteiger partial charge in [-0.25, -0.2) is 0 Å². The molecule has 24 heavy (non-hydrogen) atoms. The van der Waals surface area contributed by atoms with Crippen LogP contribution in [0.4, 0.5) is 5.00 Å². The Hall–Kier alpha value is -1.85. The molecule has 0 radical (unpaired) electrons. The van der Waals surface area contributed by atoms with Gasteiger partial charge in [0.25, 0.3) is 5.22 Å². The largest absolute Gasteiger partial charge is 0.416 e. The van der Waals surface area contributed by atoms with Crippen LogP contribution in [0, 0.1) is 11.3 Å². The first-order valence-electron chi connectivity index (χ1n) is 7.89. The molecule has 6 nitrogen and oxygen atoms in total. The number of thioether (sulfide) groups is 1. The lowest BCUT2D eigenvalue weighted by Crippen LogP contribution is -2.14. The summed E-state index contributed by atoms with van der Waals surface area (Å²) in [6.45, 7) is 3.94. The van der Waals surface area contributed by atoms with Crippen LogP contribution in [0.5, 0.6) is 0 Å². The minimum absolute atomic E-state index is 0.163. The third-order valence-electron chi connectivity index (χ3n) is 3.78. The van der Waals surface area contributed by atoms with Crippen LogP contribution in [0.2, 0.25) is 0 Å². The predicted octanol–water partition coefficient (Wildman–Crippen LogP) is 3.74. The molecule has 126 valence electrons. The molecule has 1 amide bonds. The molecular weight excluding hydrogens is 344 g/mol. The summed E-state index contributed by atoms with van der Waals surface area (Å²) in [6.07, 6.45) is 4.19. The van der Waals surface area contributed by atoms with E-state index in [2.05, 4.69) is 21.6 Å². The Bertz CT molecular complexity index is 789. The van der Waals surface area contributed by atoms with Gasteiger partial charge in [0.1, 0.15) is 11.1 Å². The minimum atomic E-state index is -0.167. The molecule has 3 rings (SSSR count).